The lowest BCUT2D eigenvalue weighted by molar-refractivity contribution is 0.304. The van der Waals surface area contributed by atoms with Crippen molar-refractivity contribution in [3.05, 3.63) is 65.5 Å². The van der Waals surface area contributed by atoms with E-state index in [9.17, 15) is 4.39 Å². The van der Waals surface area contributed by atoms with E-state index >= 15 is 0 Å². The van der Waals surface area contributed by atoms with Gasteiger partial charge < -0.3 is 10.1 Å². The minimum atomic E-state index is -0.276. The van der Waals surface area contributed by atoms with Gasteiger partial charge >= 0.3 is 0 Å². The van der Waals surface area contributed by atoms with Gasteiger partial charge in [0.15, 0.2) is 0 Å². The van der Waals surface area contributed by atoms with E-state index in [2.05, 4.69) is 36.5 Å². The Kier molecular flexibility index (Phi) is 6.22. The van der Waals surface area contributed by atoms with Gasteiger partial charge in [0, 0.05) is 6.07 Å². The summed E-state index contributed by atoms with van der Waals surface area (Å²) in [5.41, 5.74) is 2.40. The van der Waals surface area contributed by atoms with Gasteiger partial charge in [-0.1, -0.05) is 37.3 Å². The molecule has 0 aliphatic heterocycles. The minimum Gasteiger partial charge on any atom is -0.489 e. The molecule has 2 rings (SSSR count). The van der Waals surface area contributed by atoms with E-state index in [1.807, 2.05) is 0 Å². The molecule has 0 spiro atoms. The second-order valence-electron chi connectivity index (χ2n) is 5.06. The molecule has 0 bridgehead atoms. The van der Waals surface area contributed by atoms with E-state index in [-0.39, 0.29) is 5.82 Å². The maximum absolute atomic E-state index is 13.0. The van der Waals surface area contributed by atoms with E-state index in [0.29, 0.717) is 12.4 Å². The first-order chi connectivity index (χ1) is 10.3. The molecule has 2 aromatic rings. The Morgan fingerprint density at radius 3 is 2.48 bits per heavy atom. The van der Waals surface area contributed by atoms with Crippen molar-refractivity contribution in [2.45, 2.75) is 26.4 Å². The van der Waals surface area contributed by atoms with Gasteiger partial charge in [-0.05, 0) is 49.2 Å². The van der Waals surface area contributed by atoms with E-state index in [1.165, 1.54) is 17.7 Å². The van der Waals surface area contributed by atoms with Crippen molar-refractivity contribution in [1.82, 2.24) is 5.32 Å². The van der Waals surface area contributed by atoms with Crippen LogP contribution in [0, 0.1) is 5.82 Å². The molecule has 112 valence electrons. The highest BCUT2D eigenvalue weighted by atomic mass is 19.1. The largest absolute Gasteiger partial charge is 0.489 e. The molecule has 0 aromatic heterocycles. The fraction of sp³-hybridized carbons (Fsp3) is 0.333. The molecule has 2 aromatic carbocycles. The zero-order valence-corrected chi connectivity index (χ0v) is 12.4. The van der Waals surface area contributed by atoms with Crippen LogP contribution in [0.1, 0.15) is 24.5 Å². The molecule has 1 N–H and O–H groups in total. The van der Waals surface area contributed by atoms with E-state index in [4.69, 9.17) is 4.74 Å². The van der Waals surface area contributed by atoms with Crippen LogP contribution in [-0.2, 0) is 13.0 Å². The lowest BCUT2D eigenvalue weighted by Gasteiger charge is -2.08. The Morgan fingerprint density at radius 2 is 1.76 bits per heavy atom. The average Bonchev–Trinajstić information content (AvgIpc) is 2.51. The number of hydrogen-bond donors (Lipinski definition) is 1. The van der Waals surface area contributed by atoms with Gasteiger partial charge in [-0.15, -0.1) is 0 Å². The summed E-state index contributed by atoms with van der Waals surface area (Å²) in [5, 5.41) is 3.39. The first-order valence-corrected chi connectivity index (χ1v) is 7.45. The molecule has 0 unspecified atom stereocenters. The van der Waals surface area contributed by atoms with E-state index in [1.54, 1.807) is 12.1 Å². The molecule has 0 fully saturated rings. The molecule has 2 nitrogen and oxygen atoms in total. The van der Waals surface area contributed by atoms with Gasteiger partial charge in [-0.25, -0.2) is 4.39 Å². The SMILES string of the molecule is CCCNCCc1ccc(COc2cccc(F)c2)cc1. The van der Waals surface area contributed by atoms with Crippen LogP contribution in [0.15, 0.2) is 48.5 Å². The molecule has 0 radical (unpaired) electrons. The lowest BCUT2D eigenvalue weighted by Crippen LogP contribution is -2.17. The van der Waals surface area contributed by atoms with Crippen molar-refractivity contribution in [2.75, 3.05) is 13.1 Å². The van der Waals surface area contributed by atoms with Crippen LogP contribution in [0.4, 0.5) is 4.39 Å². The Bertz CT molecular complexity index is 539. The molecule has 0 aliphatic carbocycles. The van der Waals surface area contributed by atoms with Crippen molar-refractivity contribution >= 4 is 0 Å². The molecule has 21 heavy (non-hydrogen) atoms. The quantitative estimate of drug-likeness (QED) is 0.742. The van der Waals surface area contributed by atoms with Gasteiger partial charge in [0.05, 0.1) is 0 Å². The molecular weight excluding hydrogens is 265 g/mol. The summed E-state index contributed by atoms with van der Waals surface area (Å²) in [6.45, 7) is 4.70. The molecule has 3 heteroatoms. The van der Waals surface area contributed by atoms with Crippen molar-refractivity contribution in [1.29, 1.82) is 0 Å². The Morgan fingerprint density at radius 1 is 1.00 bits per heavy atom. The topological polar surface area (TPSA) is 21.3 Å². The average molecular weight is 287 g/mol. The van der Waals surface area contributed by atoms with Crippen LogP contribution in [0.2, 0.25) is 0 Å². The number of halogens is 1. The number of benzene rings is 2. The maximum atomic E-state index is 13.0. The third kappa shape index (κ3) is 5.56. The minimum absolute atomic E-state index is 0.276. The van der Waals surface area contributed by atoms with Gasteiger partial charge in [0.1, 0.15) is 18.2 Å². The Hall–Kier alpha value is -1.87. The lowest BCUT2D eigenvalue weighted by atomic mass is 10.1. The Balaban J connectivity index is 1.79. The molecule has 0 saturated heterocycles. The van der Waals surface area contributed by atoms with Crippen molar-refractivity contribution < 1.29 is 9.13 Å². The number of hydrogen-bond acceptors (Lipinski definition) is 2. The highest BCUT2D eigenvalue weighted by molar-refractivity contribution is 5.25. The second kappa shape index (κ2) is 8.42. The standard InChI is InChI=1S/C18H22FNO/c1-2-11-20-12-10-15-6-8-16(9-7-15)14-21-18-5-3-4-17(19)13-18/h3-9,13,20H,2,10-12,14H2,1H3. The van der Waals surface area contributed by atoms with Gasteiger partial charge in [0.2, 0.25) is 0 Å². The van der Waals surface area contributed by atoms with Crippen LogP contribution in [0.3, 0.4) is 0 Å². The number of nitrogens with one attached hydrogen (secondary N) is 1. The molecule has 0 amide bonds. The molecule has 0 atom stereocenters. The third-order valence-electron chi connectivity index (χ3n) is 3.24. The van der Waals surface area contributed by atoms with Crippen LogP contribution in [0.5, 0.6) is 5.75 Å². The second-order valence-corrected chi connectivity index (χ2v) is 5.06. The normalized spacial score (nSPS) is 10.6. The van der Waals surface area contributed by atoms with E-state index < -0.39 is 0 Å². The predicted octanol–water partition coefficient (Wildman–Crippen LogP) is 3.95. The summed E-state index contributed by atoms with van der Waals surface area (Å²) in [6, 6.07) is 14.6. The highest BCUT2D eigenvalue weighted by Gasteiger charge is 1.99. The van der Waals surface area contributed by atoms with Crippen molar-refractivity contribution in [2.24, 2.45) is 0 Å². The highest BCUT2D eigenvalue weighted by Crippen LogP contribution is 2.14. The molecule has 0 heterocycles. The van der Waals surface area contributed by atoms with Crippen LogP contribution in [0.25, 0.3) is 0 Å². The maximum Gasteiger partial charge on any atom is 0.126 e. The van der Waals surface area contributed by atoms with Crippen LogP contribution >= 0.6 is 0 Å². The summed E-state index contributed by atoms with van der Waals surface area (Å²) in [7, 11) is 0. The Labute approximate surface area is 126 Å². The summed E-state index contributed by atoms with van der Waals surface area (Å²) >= 11 is 0. The van der Waals surface area contributed by atoms with Crippen LogP contribution < -0.4 is 10.1 Å². The first-order valence-electron chi connectivity index (χ1n) is 7.45. The smallest absolute Gasteiger partial charge is 0.126 e. The van der Waals surface area contributed by atoms with E-state index in [0.717, 1.165) is 31.5 Å². The number of rotatable bonds is 8. The fourth-order valence-electron chi connectivity index (χ4n) is 2.06. The predicted molar refractivity (Wildman–Crippen MR) is 84.0 cm³/mol. The zero-order chi connectivity index (χ0) is 14.9. The molecule has 0 saturated carbocycles. The summed E-state index contributed by atoms with van der Waals surface area (Å²) < 4.78 is 18.6. The van der Waals surface area contributed by atoms with Gasteiger partial charge in [-0.2, -0.15) is 0 Å². The first kappa shape index (κ1) is 15.5. The van der Waals surface area contributed by atoms with Crippen molar-refractivity contribution in [3.63, 3.8) is 0 Å². The number of ether oxygens (including phenoxy) is 1. The van der Waals surface area contributed by atoms with Gasteiger partial charge in [0.25, 0.3) is 0 Å². The summed E-state index contributed by atoms with van der Waals surface area (Å²) in [5.74, 6) is 0.283. The van der Waals surface area contributed by atoms with Crippen LogP contribution in [-0.4, -0.2) is 13.1 Å². The zero-order valence-electron chi connectivity index (χ0n) is 12.4. The summed E-state index contributed by atoms with van der Waals surface area (Å²) in [6.07, 6.45) is 2.20. The molecular formula is C18H22FNO. The third-order valence-corrected chi connectivity index (χ3v) is 3.24. The monoisotopic (exact) mass is 287 g/mol. The molecule has 0 aliphatic rings. The van der Waals surface area contributed by atoms with Gasteiger partial charge in [-0.3, -0.25) is 0 Å². The fourth-order valence-corrected chi connectivity index (χ4v) is 2.06. The van der Waals surface area contributed by atoms with Crippen molar-refractivity contribution in [3.8, 4) is 5.75 Å². The summed E-state index contributed by atoms with van der Waals surface area (Å²) in [4.78, 5) is 0.